The van der Waals surface area contributed by atoms with Crippen molar-refractivity contribution >= 4 is 22.5 Å². The van der Waals surface area contributed by atoms with Crippen molar-refractivity contribution in [2.45, 2.75) is 55.8 Å². The van der Waals surface area contributed by atoms with Gasteiger partial charge in [-0.1, -0.05) is 0 Å². The number of hydrogen-bond donors (Lipinski definition) is 0. The molecule has 90 valence electrons. The van der Waals surface area contributed by atoms with Crippen LogP contribution in [0.1, 0.15) is 61.4 Å². The van der Waals surface area contributed by atoms with Crippen molar-refractivity contribution < 1.29 is 0 Å². The predicted octanol–water partition coefficient (Wildman–Crippen LogP) is 3.84. The van der Waals surface area contributed by atoms with Gasteiger partial charge in [-0.25, -0.2) is 0 Å². The quantitative estimate of drug-likeness (QED) is 0.503. The van der Waals surface area contributed by atoms with E-state index in [1.807, 2.05) is 0 Å². The van der Waals surface area contributed by atoms with E-state index in [-0.39, 0.29) is 0 Å². The second-order valence-electron chi connectivity index (χ2n) is 4.87. The molecular formula is C15H26Sn. The van der Waals surface area contributed by atoms with Gasteiger partial charge in [-0.3, -0.25) is 0 Å². The Kier molecular flexibility index (Phi) is 8.00. The fourth-order valence-electron chi connectivity index (χ4n) is 2.18. The monoisotopic (exact) mass is 326 g/mol. The summed E-state index contributed by atoms with van der Waals surface area (Å²) in [4.78, 5) is 0. The second kappa shape index (κ2) is 9.09. The SMILES string of the molecule is CCCCCCCC[CH]([SnH3])c1ccccc1. The molecule has 1 heteroatoms. The molecule has 1 aromatic rings. The molecule has 0 bridgehead atoms. The van der Waals surface area contributed by atoms with E-state index in [4.69, 9.17) is 0 Å². The van der Waals surface area contributed by atoms with Crippen molar-refractivity contribution in [3.63, 3.8) is 0 Å². The minimum atomic E-state index is 0.758. The molecule has 0 radical (unpaired) electrons. The number of benzene rings is 1. The van der Waals surface area contributed by atoms with Gasteiger partial charge in [0.15, 0.2) is 0 Å². The van der Waals surface area contributed by atoms with E-state index < -0.39 is 0 Å². The standard InChI is InChI=1S/C15H23.Sn.3H/c1-2-3-4-5-6-7-9-12-15-13-10-8-11-14-15;;;;/h8,10-14H,2-7,9H2,1H3;;;;. The third kappa shape index (κ3) is 5.93. The van der Waals surface area contributed by atoms with Crippen molar-refractivity contribution in [2.75, 3.05) is 0 Å². The summed E-state index contributed by atoms with van der Waals surface area (Å²) < 4.78 is 0.939. The first kappa shape index (κ1) is 14.1. The van der Waals surface area contributed by atoms with E-state index in [1.165, 1.54) is 44.9 Å². The maximum atomic E-state index is 2.30. The van der Waals surface area contributed by atoms with Gasteiger partial charge in [0.05, 0.1) is 0 Å². The van der Waals surface area contributed by atoms with Crippen LogP contribution in [0.5, 0.6) is 0 Å². The molecule has 0 aliphatic carbocycles. The van der Waals surface area contributed by atoms with Crippen LogP contribution in [0, 0.1) is 0 Å². The maximum absolute atomic E-state index is 2.30. The van der Waals surface area contributed by atoms with Gasteiger partial charge in [0.2, 0.25) is 0 Å². The van der Waals surface area contributed by atoms with E-state index >= 15 is 0 Å². The van der Waals surface area contributed by atoms with Gasteiger partial charge in [0, 0.05) is 0 Å². The number of hydrogen-bond acceptors (Lipinski definition) is 0. The zero-order chi connectivity index (χ0) is 11.6. The molecule has 0 saturated carbocycles. The van der Waals surface area contributed by atoms with Crippen molar-refractivity contribution in [3.8, 4) is 0 Å². The van der Waals surface area contributed by atoms with Crippen molar-refractivity contribution in [1.29, 1.82) is 0 Å². The molecule has 0 aliphatic heterocycles. The van der Waals surface area contributed by atoms with Crippen LogP contribution < -0.4 is 0 Å². The van der Waals surface area contributed by atoms with Gasteiger partial charge >= 0.3 is 114 Å². The van der Waals surface area contributed by atoms with Crippen molar-refractivity contribution in [1.82, 2.24) is 0 Å². The fourth-order valence-corrected chi connectivity index (χ4v) is 4.44. The molecule has 0 fully saturated rings. The summed E-state index contributed by atoms with van der Waals surface area (Å²) in [5, 5.41) is 0. The Morgan fingerprint density at radius 2 is 1.56 bits per heavy atom. The molecule has 0 heterocycles. The first-order valence-corrected chi connectivity index (χ1v) is 10.2. The van der Waals surface area contributed by atoms with Crippen molar-refractivity contribution in [3.05, 3.63) is 35.9 Å². The minimum absolute atomic E-state index is 0.758. The average molecular weight is 325 g/mol. The molecule has 1 rings (SSSR count). The Labute approximate surface area is 114 Å². The summed E-state index contributed by atoms with van der Waals surface area (Å²) in [5.41, 5.74) is 1.59. The van der Waals surface area contributed by atoms with Crippen LogP contribution in [0.4, 0.5) is 0 Å². The molecular weight excluding hydrogens is 299 g/mol. The molecule has 0 aromatic heterocycles. The third-order valence-electron chi connectivity index (χ3n) is 3.36. The van der Waals surface area contributed by atoms with Crippen LogP contribution in [0.3, 0.4) is 0 Å². The summed E-state index contributed by atoms with van der Waals surface area (Å²) in [7, 11) is 0. The fraction of sp³-hybridized carbons (Fsp3) is 0.600. The Morgan fingerprint density at radius 1 is 0.938 bits per heavy atom. The summed E-state index contributed by atoms with van der Waals surface area (Å²) in [5.74, 6) is 0. The Balaban J connectivity index is 2.09. The normalized spacial score (nSPS) is 12.8. The summed E-state index contributed by atoms with van der Waals surface area (Å²) in [6, 6.07) is 11.1. The topological polar surface area (TPSA) is 0 Å². The third-order valence-corrected chi connectivity index (χ3v) is 6.91. The Hall–Kier alpha value is 0.0187. The van der Waals surface area contributed by atoms with Crippen LogP contribution in [0.2, 0.25) is 0 Å². The van der Waals surface area contributed by atoms with Crippen LogP contribution >= 0.6 is 0 Å². The summed E-state index contributed by atoms with van der Waals surface area (Å²) >= 11 is 0.758. The van der Waals surface area contributed by atoms with Gasteiger partial charge in [-0.2, -0.15) is 0 Å². The van der Waals surface area contributed by atoms with Crippen molar-refractivity contribution in [2.24, 2.45) is 0 Å². The van der Waals surface area contributed by atoms with Gasteiger partial charge in [-0.15, -0.1) is 0 Å². The average Bonchev–Trinajstić information content (AvgIpc) is 2.34. The number of unbranched alkanes of at least 4 members (excludes halogenated alkanes) is 5. The van der Waals surface area contributed by atoms with E-state index in [9.17, 15) is 0 Å². The summed E-state index contributed by atoms with van der Waals surface area (Å²) in [6.07, 6.45) is 10.0. The van der Waals surface area contributed by atoms with E-state index in [2.05, 4.69) is 37.3 Å². The zero-order valence-corrected chi connectivity index (χ0v) is 16.6. The predicted molar refractivity (Wildman–Crippen MR) is 77.1 cm³/mol. The van der Waals surface area contributed by atoms with E-state index in [0.29, 0.717) is 0 Å². The van der Waals surface area contributed by atoms with Gasteiger partial charge < -0.3 is 0 Å². The molecule has 16 heavy (non-hydrogen) atoms. The van der Waals surface area contributed by atoms with Gasteiger partial charge in [0.25, 0.3) is 0 Å². The zero-order valence-electron chi connectivity index (χ0n) is 10.9. The number of rotatable bonds is 8. The molecule has 1 atom stereocenters. The van der Waals surface area contributed by atoms with Crippen LogP contribution in [0.15, 0.2) is 30.3 Å². The first-order chi connectivity index (χ1) is 7.84. The Bertz CT molecular complexity index is 255. The second-order valence-corrected chi connectivity index (χ2v) is 8.85. The van der Waals surface area contributed by atoms with E-state index in [0.717, 1.165) is 26.5 Å². The molecule has 0 aliphatic rings. The summed E-state index contributed by atoms with van der Waals surface area (Å²) in [6.45, 7) is 2.28. The molecule has 0 amide bonds. The van der Waals surface area contributed by atoms with Crippen LogP contribution in [-0.2, 0) is 0 Å². The molecule has 0 N–H and O–H groups in total. The molecule has 1 aromatic carbocycles. The van der Waals surface area contributed by atoms with Crippen LogP contribution in [-0.4, -0.2) is 22.5 Å². The molecule has 0 spiro atoms. The molecule has 0 saturated heterocycles. The van der Waals surface area contributed by atoms with E-state index in [1.54, 1.807) is 5.56 Å². The first-order valence-electron chi connectivity index (χ1n) is 6.89. The Morgan fingerprint density at radius 3 is 2.25 bits per heavy atom. The van der Waals surface area contributed by atoms with Gasteiger partial charge in [-0.05, 0) is 0 Å². The molecule has 0 nitrogen and oxygen atoms in total. The van der Waals surface area contributed by atoms with Gasteiger partial charge in [0.1, 0.15) is 0 Å². The molecule has 1 unspecified atom stereocenters. The van der Waals surface area contributed by atoms with Crippen LogP contribution in [0.25, 0.3) is 0 Å².